The summed E-state index contributed by atoms with van der Waals surface area (Å²) >= 11 is 1.34. The zero-order chi connectivity index (χ0) is 25.9. The summed E-state index contributed by atoms with van der Waals surface area (Å²) in [5, 5.41) is 8.76. The molecule has 38 heavy (non-hydrogen) atoms. The topological polar surface area (TPSA) is 78.3 Å². The first-order valence-corrected chi connectivity index (χ1v) is 12.5. The molecule has 1 N–H and O–H groups in total. The van der Waals surface area contributed by atoms with Crippen LogP contribution in [0.4, 0.5) is 4.39 Å². The highest BCUT2D eigenvalue weighted by Gasteiger charge is 2.25. The molecule has 0 fully saturated rings. The molecule has 2 aromatic heterocycles. The van der Waals surface area contributed by atoms with Gasteiger partial charge >= 0.3 is 0 Å². The second kappa shape index (κ2) is 11.4. The molecule has 0 saturated carbocycles. The van der Waals surface area contributed by atoms with Gasteiger partial charge in [0.05, 0.1) is 30.6 Å². The Morgan fingerprint density at radius 1 is 1.05 bits per heavy atom. The molecule has 7 nitrogen and oxygen atoms in total. The summed E-state index contributed by atoms with van der Waals surface area (Å²) in [5.41, 5.74) is 2.47. The lowest BCUT2D eigenvalue weighted by molar-refractivity contribution is 0.0881. The third kappa shape index (κ3) is 5.68. The summed E-state index contributed by atoms with van der Waals surface area (Å²) in [6.07, 6.45) is 2.91. The van der Waals surface area contributed by atoms with Gasteiger partial charge in [0.25, 0.3) is 5.91 Å². The van der Waals surface area contributed by atoms with Crippen LogP contribution >= 0.6 is 11.3 Å². The number of hydrogen-bond donors (Lipinski definition) is 1. The number of amides is 1. The van der Waals surface area contributed by atoms with E-state index < -0.39 is 6.10 Å². The second-order valence-electron chi connectivity index (χ2n) is 8.61. The van der Waals surface area contributed by atoms with Crippen LogP contribution in [0, 0.1) is 12.7 Å². The molecule has 0 aliphatic heterocycles. The van der Waals surface area contributed by atoms with E-state index in [1.165, 1.54) is 23.5 Å². The van der Waals surface area contributed by atoms with Crippen molar-refractivity contribution in [3.63, 3.8) is 0 Å². The summed E-state index contributed by atoms with van der Waals surface area (Å²) in [5.74, 6) is 0.755. The van der Waals surface area contributed by atoms with Crippen LogP contribution in [0.5, 0.6) is 11.5 Å². The maximum atomic E-state index is 13.4. The Bertz CT molecular complexity index is 1550. The maximum absolute atomic E-state index is 13.4. The number of rotatable bonds is 8. The molecule has 9 heteroatoms. The van der Waals surface area contributed by atoms with Crippen molar-refractivity contribution in [3.8, 4) is 17.2 Å². The van der Waals surface area contributed by atoms with E-state index in [9.17, 15) is 9.18 Å². The maximum Gasteiger partial charge on any atom is 0.280 e. The highest BCUT2D eigenvalue weighted by Crippen LogP contribution is 2.30. The first-order chi connectivity index (χ1) is 17.9. The van der Waals surface area contributed by atoms with Gasteiger partial charge in [-0.15, -0.1) is 11.3 Å². The molecule has 0 spiro atoms. The number of halogens is 1. The van der Waals surface area contributed by atoms with E-state index in [-0.39, 0.29) is 25.2 Å². The average molecular weight is 533 g/mol. The molecule has 0 radical (unpaired) electrons. The predicted molar refractivity (Wildman–Crippen MR) is 148 cm³/mol. The molecule has 0 saturated heterocycles. The van der Waals surface area contributed by atoms with Gasteiger partial charge in [0.1, 0.15) is 23.4 Å². The minimum absolute atomic E-state index is 0. The van der Waals surface area contributed by atoms with Crippen LogP contribution < -0.4 is 14.8 Å². The Morgan fingerprint density at radius 3 is 2.55 bits per heavy atom. The Morgan fingerprint density at radius 2 is 1.84 bits per heavy atom. The molecule has 5 rings (SSSR count). The number of fused-ring (bicyclic) bond motifs is 1. The number of benzene rings is 3. The molecule has 3 aromatic carbocycles. The largest absolute Gasteiger partial charge is 0.497 e. The number of nitrogens with one attached hydrogen (secondary N) is 1. The minimum atomic E-state index is -0.510. The number of hydrogen-bond acceptors (Lipinski definition) is 6. The number of carbonyl (C=O) groups excluding carboxylic acids is 1. The molecule has 196 valence electrons. The monoisotopic (exact) mass is 532 g/mol. The summed E-state index contributed by atoms with van der Waals surface area (Å²) in [7, 11) is 1.61. The highest BCUT2D eigenvalue weighted by molar-refractivity contribution is 7.13. The highest BCUT2D eigenvalue weighted by atomic mass is 32.1. The Hall–Kier alpha value is -4.24. The van der Waals surface area contributed by atoms with Gasteiger partial charge in [-0.25, -0.2) is 14.1 Å². The van der Waals surface area contributed by atoms with E-state index >= 15 is 0 Å². The van der Waals surface area contributed by atoms with Gasteiger partial charge in [-0.2, -0.15) is 5.10 Å². The predicted octanol–water partition coefficient (Wildman–Crippen LogP) is 6.51. The van der Waals surface area contributed by atoms with Crippen LogP contribution in [0.2, 0.25) is 0 Å². The lowest BCUT2D eigenvalue weighted by atomic mass is 10.0. The Kier molecular flexibility index (Phi) is 8.07. The first-order valence-electron chi connectivity index (χ1n) is 11.7. The molecular formula is C29H29FN4O3S. The van der Waals surface area contributed by atoms with Gasteiger partial charge in [0.2, 0.25) is 0 Å². The third-order valence-corrected chi connectivity index (χ3v) is 6.84. The number of methoxy groups -OCH3 is 1. The zero-order valence-corrected chi connectivity index (χ0v) is 21.3. The fourth-order valence-electron chi connectivity index (χ4n) is 4.10. The van der Waals surface area contributed by atoms with Crippen LogP contribution in [0.3, 0.4) is 0 Å². The standard InChI is InChI=1S/C28H25FN4O3S.CH4/c1-17-15-30-28(37-17)27(34)32-18(2)26(19-5-4-6-23(13-19)35-3)36-24-11-12-25-20(14-24)16-31-33(25)22-9-7-21(29)8-10-22;/h4-16,18,26H,1-3H3,(H,32,34);1H4/t18-,26-;/m0./s1. The Balaban J connectivity index is 0.00000336. The van der Waals surface area contributed by atoms with Gasteiger partial charge in [0.15, 0.2) is 5.01 Å². The zero-order valence-electron chi connectivity index (χ0n) is 20.5. The molecule has 0 unspecified atom stereocenters. The van der Waals surface area contributed by atoms with Gasteiger partial charge in [0, 0.05) is 16.5 Å². The third-order valence-electron chi connectivity index (χ3n) is 5.92. The molecule has 0 aliphatic carbocycles. The molecule has 2 heterocycles. The smallest absolute Gasteiger partial charge is 0.280 e. The molecule has 0 aliphatic rings. The van der Waals surface area contributed by atoms with Gasteiger partial charge < -0.3 is 14.8 Å². The molecule has 2 atom stereocenters. The molecule has 5 aromatic rings. The van der Waals surface area contributed by atoms with E-state index in [0.29, 0.717) is 16.5 Å². The van der Waals surface area contributed by atoms with Crippen molar-refractivity contribution in [1.29, 1.82) is 0 Å². The lowest BCUT2D eigenvalue weighted by Gasteiger charge is -2.26. The number of nitrogens with zero attached hydrogens (tertiary/aromatic N) is 3. The molecule has 0 bridgehead atoms. The quantitative estimate of drug-likeness (QED) is 0.246. The first kappa shape index (κ1) is 26.8. The van der Waals surface area contributed by atoms with Crippen LogP contribution in [0.15, 0.2) is 79.1 Å². The van der Waals surface area contributed by atoms with E-state index in [4.69, 9.17) is 9.47 Å². The lowest BCUT2D eigenvalue weighted by Crippen LogP contribution is -2.39. The van der Waals surface area contributed by atoms with Crippen molar-refractivity contribution >= 4 is 28.1 Å². The normalized spacial score (nSPS) is 12.4. The van der Waals surface area contributed by atoms with Gasteiger partial charge in [-0.05, 0) is 74.0 Å². The van der Waals surface area contributed by atoms with E-state index in [0.717, 1.165) is 27.0 Å². The van der Waals surface area contributed by atoms with Crippen molar-refractivity contribution in [2.75, 3.05) is 7.11 Å². The van der Waals surface area contributed by atoms with Crippen molar-refractivity contribution < 1.29 is 18.7 Å². The number of carbonyl (C=O) groups is 1. The summed E-state index contributed by atoms with van der Waals surface area (Å²) < 4.78 is 27.0. The van der Waals surface area contributed by atoms with Gasteiger partial charge in [-0.3, -0.25) is 4.79 Å². The van der Waals surface area contributed by atoms with E-state index in [2.05, 4.69) is 15.4 Å². The van der Waals surface area contributed by atoms with Crippen LogP contribution in [-0.4, -0.2) is 33.8 Å². The van der Waals surface area contributed by atoms with Crippen molar-refractivity contribution in [2.24, 2.45) is 0 Å². The van der Waals surface area contributed by atoms with Crippen molar-refractivity contribution in [2.45, 2.75) is 33.4 Å². The Labute approximate surface area is 224 Å². The van der Waals surface area contributed by atoms with Crippen molar-refractivity contribution in [3.05, 3.63) is 100 Å². The van der Waals surface area contributed by atoms with Crippen molar-refractivity contribution in [1.82, 2.24) is 20.1 Å². The van der Waals surface area contributed by atoms with Crippen LogP contribution in [0.1, 0.15) is 40.7 Å². The second-order valence-corrected chi connectivity index (χ2v) is 9.84. The number of aromatic nitrogens is 3. The SMILES string of the molecule is C.COc1cccc([C@@H](Oc2ccc3c(cnn3-c3ccc(F)cc3)c2)[C@H](C)NC(=O)c2ncc(C)s2)c1. The summed E-state index contributed by atoms with van der Waals surface area (Å²) in [6.45, 7) is 3.81. The van der Waals surface area contributed by atoms with Crippen LogP contribution in [-0.2, 0) is 0 Å². The molecule has 1 amide bonds. The van der Waals surface area contributed by atoms with E-state index in [1.807, 2.05) is 56.3 Å². The average Bonchev–Trinajstić information content (AvgIpc) is 3.54. The number of ether oxygens (including phenoxy) is 2. The fraction of sp³-hybridized carbons (Fsp3) is 0.207. The number of thiazole rings is 1. The molecular weight excluding hydrogens is 503 g/mol. The fourth-order valence-corrected chi connectivity index (χ4v) is 4.77. The van der Waals surface area contributed by atoms with Crippen LogP contribution in [0.25, 0.3) is 16.6 Å². The van der Waals surface area contributed by atoms with Gasteiger partial charge in [-0.1, -0.05) is 19.6 Å². The summed E-state index contributed by atoms with van der Waals surface area (Å²) in [4.78, 5) is 18.0. The number of aryl methyl sites for hydroxylation is 1. The summed E-state index contributed by atoms with van der Waals surface area (Å²) in [6, 6.07) is 19.0. The van der Waals surface area contributed by atoms with E-state index in [1.54, 1.807) is 36.3 Å². The minimum Gasteiger partial charge on any atom is -0.497 e.